The molecule has 1 aromatic heterocycles. The van der Waals surface area contributed by atoms with Gasteiger partial charge in [0.25, 0.3) is 5.91 Å². The zero-order valence-electron chi connectivity index (χ0n) is 24.8. The van der Waals surface area contributed by atoms with Crippen molar-refractivity contribution in [2.75, 3.05) is 12.4 Å². The Bertz CT molecular complexity index is 1800. The molecule has 0 saturated heterocycles. The molecule has 1 amide bonds. The lowest BCUT2D eigenvalue weighted by molar-refractivity contribution is 0.0689. The molecule has 0 saturated carbocycles. The third-order valence-corrected chi connectivity index (χ3v) is 8.68. The maximum Gasteiger partial charge on any atom is 0.356 e. The van der Waals surface area contributed by atoms with Gasteiger partial charge in [-0.25, -0.2) is 17.9 Å². The van der Waals surface area contributed by atoms with Crippen molar-refractivity contribution < 1.29 is 32.6 Å². The summed E-state index contributed by atoms with van der Waals surface area (Å²) in [4.78, 5) is 24.8. The number of carbonyl (C=O) groups is 2. The third-order valence-electron chi connectivity index (χ3n) is 7.07. The number of nitrogens with zero attached hydrogens (tertiary/aromatic N) is 2. The van der Waals surface area contributed by atoms with Crippen molar-refractivity contribution in [1.82, 2.24) is 14.5 Å². The second-order valence-electron chi connectivity index (χ2n) is 10.1. The molecule has 11 nitrogen and oxygen atoms in total. The van der Waals surface area contributed by atoms with Gasteiger partial charge >= 0.3 is 5.97 Å². The molecular formula is C31H34N4O7S. The van der Waals surface area contributed by atoms with Gasteiger partial charge in [0, 0.05) is 22.9 Å². The predicted molar refractivity (Wildman–Crippen MR) is 162 cm³/mol. The van der Waals surface area contributed by atoms with Crippen LogP contribution in [0.2, 0.25) is 0 Å². The van der Waals surface area contributed by atoms with Crippen LogP contribution in [0.5, 0.6) is 17.4 Å². The summed E-state index contributed by atoms with van der Waals surface area (Å²) in [5.74, 6) is -1.27. The first kappa shape index (κ1) is 31.3. The monoisotopic (exact) mass is 606 g/mol. The van der Waals surface area contributed by atoms with Crippen LogP contribution in [-0.2, 0) is 10.0 Å². The van der Waals surface area contributed by atoms with Crippen molar-refractivity contribution >= 4 is 27.6 Å². The topological polar surface area (TPSA) is 149 Å². The fourth-order valence-electron chi connectivity index (χ4n) is 4.30. The number of aromatic carboxylic acids is 1. The van der Waals surface area contributed by atoms with E-state index in [9.17, 15) is 23.1 Å². The molecule has 0 aliphatic carbocycles. The highest BCUT2D eigenvalue weighted by Gasteiger charge is 2.28. The van der Waals surface area contributed by atoms with E-state index in [4.69, 9.17) is 9.47 Å². The molecular weight excluding hydrogens is 572 g/mol. The number of hydrogen-bond donors (Lipinski definition) is 3. The number of carboxylic acids is 1. The minimum Gasteiger partial charge on any atom is -0.497 e. The Balaban J connectivity index is 1.83. The summed E-state index contributed by atoms with van der Waals surface area (Å²) < 4.78 is 42.6. The van der Waals surface area contributed by atoms with Crippen molar-refractivity contribution in [3.8, 4) is 23.1 Å². The van der Waals surface area contributed by atoms with E-state index < -0.39 is 27.9 Å². The fourth-order valence-corrected chi connectivity index (χ4v) is 5.78. The zero-order chi connectivity index (χ0) is 31.5. The fraction of sp³-hybridized carbons (Fsp3) is 0.258. The number of ether oxygens (including phenoxy) is 2. The molecule has 0 spiro atoms. The molecule has 4 rings (SSSR count). The molecule has 0 unspecified atom stereocenters. The minimum atomic E-state index is -4.16. The second kappa shape index (κ2) is 12.7. The van der Waals surface area contributed by atoms with Gasteiger partial charge < -0.3 is 19.9 Å². The van der Waals surface area contributed by atoms with Gasteiger partial charge in [0.1, 0.15) is 16.4 Å². The van der Waals surface area contributed by atoms with Gasteiger partial charge in [0.2, 0.25) is 15.9 Å². The van der Waals surface area contributed by atoms with E-state index in [-0.39, 0.29) is 33.5 Å². The normalized spacial score (nSPS) is 12.0. The number of nitrogens with one attached hydrogen (secondary N) is 2. The molecule has 3 aromatic carbocycles. The van der Waals surface area contributed by atoms with E-state index in [0.717, 1.165) is 11.1 Å². The van der Waals surface area contributed by atoms with Gasteiger partial charge in [-0.1, -0.05) is 25.1 Å². The van der Waals surface area contributed by atoms with Crippen LogP contribution in [0.25, 0.3) is 5.69 Å². The Kier molecular flexibility index (Phi) is 9.22. The zero-order valence-corrected chi connectivity index (χ0v) is 25.6. The first-order chi connectivity index (χ1) is 20.4. The summed E-state index contributed by atoms with van der Waals surface area (Å²) in [5.41, 5.74) is 2.86. The smallest absolute Gasteiger partial charge is 0.356 e. The van der Waals surface area contributed by atoms with Crippen molar-refractivity contribution in [1.29, 1.82) is 0 Å². The Morgan fingerprint density at radius 1 is 1.02 bits per heavy atom. The molecule has 0 aliphatic heterocycles. The highest BCUT2D eigenvalue weighted by Crippen LogP contribution is 2.36. The third kappa shape index (κ3) is 6.71. The minimum absolute atomic E-state index is 0.0410. The number of sulfonamides is 1. The van der Waals surface area contributed by atoms with E-state index in [1.807, 2.05) is 32.9 Å². The van der Waals surface area contributed by atoms with Crippen molar-refractivity contribution in [3.05, 3.63) is 88.6 Å². The molecule has 0 radical (unpaired) electrons. The molecule has 1 atom stereocenters. The van der Waals surface area contributed by atoms with Gasteiger partial charge in [0.05, 0.1) is 12.8 Å². The Morgan fingerprint density at radius 2 is 1.74 bits per heavy atom. The Labute approximate surface area is 250 Å². The average molecular weight is 607 g/mol. The van der Waals surface area contributed by atoms with Crippen LogP contribution in [0, 0.1) is 20.8 Å². The highest BCUT2D eigenvalue weighted by molar-refractivity contribution is 7.89. The summed E-state index contributed by atoms with van der Waals surface area (Å²) >= 11 is 0. The maximum atomic E-state index is 13.6. The SMILES string of the molecule is CC[C@@H](C)NS(=O)(=O)c1cc(NC(=O)c2cccc(OC)c2)ccc1Oc1c(C)c(C(=O)O)nn1-c1cccc(C)c1C. The lowest BCUT2D eigenvalue weighted by Gasteiger charge is -2.18. The van der Waals surface area contributed by atoms with Crippen LogP contribution < -0.4 is 19.5 Å². The van der Waals surface area contributed by atoms with Crippen LogP contribution in [-0.4, -0.2) is 48.3 Å². The number of rotatable bonds is 11. The molecule has 4 aromatic rings. The van der Waals surface area contributed by atoms with Gasteiger partial charge in [-0.15, -0.1) is 0 Å². The number of aryl methyl sites for hydroxylation is 1. The van der Waals surface area contributed by atoms with Crippen LogP contribution in [0.4, 0.5) is 5.69 Å². The lowest BCUT2D eigenvalue weighted by atomic mass is 10.1. The Hall–Kier alpha value is -4.68. The van der Waals surface area contributed by atoms with Gasteiger partial charge in [0.15, 0.2) is 5.69 Å². The maximum absolute atomic E-state index is 13.6. The number of benzene rings is 3. The lowest BCUT2D eigenvalue weighted by Crippen LogP contribution is -2.32. The van der Waals surface area contributed by atoms with Crippen molar-refractivity contribution in [2.24, 2.45) is 0 Å². The summed E-state index contributed by atoms with van der Waals surface area (Å²) in [6, 6.07) is 15.8. The number of anilines is 1. The van der Waals surface area contributed by atoms with E-state index >= 15 is 0 Å². The first-order valence-electron chi connectivity index (χ1n) is 13.5. The number of hydrogen-bond acceptors (Lipinski definition) is 7. The summed E-state index contributed by atoms with van der Waals surface area (Å²) in [6.07, 6.45) is 0.530. The number of carboxylic acid groups (broad SMARTS) is 1. The molecule has 226 valence electrons. The first-order valence-corrected chi connectivity index (χ1v) is 15.0. The predicted octanol–water partition coefficient (Wildman–Crippen LogP) is 5.63. The standard InChI is InChI=1S/C31H34N4O7S/c1-7-19(3)34-43(39,40)27-17-23(32-29(36)22-11-9-12-24(16-22)41-6)14-15-26(27)42-30-21(5)28(31(37)38)33-35(30)25-13-8-10-18(2)20(25)4/h8-17,19,34H,7H2,1-6H3,(H,32,36)(H,37,38)/t19-/m1/s1. The van der Waals surface area contributed by atoms with Gasteiger partial charge in [-0.3, -0.25) is 4.79 Å². The molecule has 3 N–H and O–H groups in total. The quantitative estimate of drug-likeness (QED) is 0.199. The van der Waals surface area contributed by atoms with Crippen LogP contribution in [0.3, 0.4) is 0 Å². The largest absolute Gasteiger partial charge is 0.497 e. The van der Waals surface area contributed by atoms with Gasteiger partial charge in [-0.05, 0) is 87.7 Å². The van der Waals surface area contributed by atoms with E-state index in [2.05, 4.69) is 15.1 Å². The summed E-state index contributed by atoms with van der Waals surface area (Å²) in [7, 11) is -2.67. The molecule has 43 heavy (non-hydrogen) atoms. The van der Waals surface area contributed by atoms with Gasteiger partial charge in [-0.2, -0.15) is 9.78 Å². The molecule has 0 aliphatic rings. The van der Waals surface area contributed by atoms with E-state index in [1.54, 1.807) is 44.2 Å². The molecule has 0 bridgehead atoms. The van der Waals surface area contributed by atoms with Crippen LogP contribution >= 0.6 is 0 Å². The second-order valence-corrected chi connectivity index (χ2v) is 11.8. The van der Waals surface area contributed by atoms with Crippen LogP contribution in [0.15, 0.2) is 65.6 Å². The van der Waals surface area contributed by atoms with E-state index in [1.165, 1.54) is 30.0 Å². The highest BCUT2D eigenvalue weighted by atomic mass is 32.2. The number of carbonyl (C=O) groups excluding carboxylic acids is 1. The average Bonchev–Trinajstić information content (AvgIpc) is 3.30. The number of amides is 1. The number of aromatic nitrogens is 2. The molecule has 1 heterocycles. The van der Waals surface area contributed by atoms with Crippen molar-refractivity contribution in [2.45, 2.75) is 52.0 Å². The summed E-state index contributed by atoms with van der Waals surface area (Å²) in [5, 5.41) is 16.8. The molecule has 0 fully saturated rings. The summed E-state index contributed by atoms with van der Waals surface area (Å²) in [6.45, 7) is 8.90. The Morgan fingerprint density at radius 3 is 2.42 bits per heavy atom. The van der Waals surface area contributed by atoms with Crippen LogP contribution in [0.1, 0.15) is 57.8 Å². The van der Waals surface area contributed by atoms with E-state index in [0.29, 0.717) is 23.4 Å². The molecule has 12 heteroatoms. The van der Waals surface area contributed by atoms with Crippen molar-refractivity contribution in [3.63, 3.8) is 0 Å². The number of methoxy groups -OCH3 is 1.